The second-order valence-corrected chi connectivity index (χ2v) is 5.52. The summed E-state index contributed by atoms with van der Waals surface area (Å²) in [6, 6.07) is 8.15. The Labute approximate surface area is 133 Å². The number of aromatic nitrogens is 4. The minimum Gasteiger partial charge on any atom is -0.494 e. The maximum absolute atomic E-state index is 5.43. The van der Waals surface area contributed by atoms with Gasteiger partial charge in [-0.3, -0.25) is 0 Å². The zero-order valence-electron chi connectivity index (χ0n) is 12.9. The summed E-state index contributed by atoms with van der Waals surface area (Å²) >= 11 is 0. The van der Waals surface area contributed by atoms with Crippen molar-refractivity contribution in [1.82, 2.24) is 25.1 Å². The summed E-state index contributed by atoms with van der Waals surface area (Å²) in [5.74, 6) is 1.58. The van der Waals surface area contributed by atoms with Crippen molar-refractivity contribution in [2.75, 3.05) is 25.5 Å². The van der Waals surface area contributed by atoms with E-state index >= 15 is 0 Å². The molecule has 4 rings (SSSR count). The molecule has 0 spiro atoms. The molecule has 3 aromatic rings. The van der Waals surface area contributed by atoms with Gasteiger partial charge in [0.05, 0.1) is 18.7 Å². The van der Waals surface area contributed by atoms with Crippen molar-refractivity contribution in [1.29, 1.82) is 0 Å². The first-order valence-electron chi connectivity index (χ1n) is 7.66. The van der Waals surface area contributed by atoms with Crippen LogP contribution in [0.3, 0.4) is 0 Å². The second-order valence-electron chi connectivity index (χ2n) is 5.52. The topological polar surface area (TPSA) is 76.9 Å². The van der Waals surface area contributed by atoms with E-state index in [1.807, 2.05) is 24.3 Å². The Bertz CT molecular complexity index is 824. The van der Waals surface area contributed by atoms with Gasteiger partial charge in [0.25, 0.3) is 0 Å². The molecule has 3 heterocycles. The van der Waals surface area contributed by atoms with Crippen molar-refractivity contribution < 1.29 is 4.74 Å². The number of ether oxygens (including phenoxy) is 1. The van der Waals surface area contributed by atoms with Crippen LogP contribution in [0.25, 0.3) is 16.7 Å². The van der Waals surface area contributed by atoms with Crippen LogP contribution in [0.5, 0.6) is 5.75 Å². The molecule has 0 bridgehead atoms. The molecule has 1 aromatic carbocycles. The zero-order chi connectivity index (χ0) is 15.6. The minimum absolute atomic E-state index is 0.391. The van der Waals surface area contributed by atoms with E-state index < -0.39 is 0 Å². The molecule has 23 heavy (non-hydrogen) atoms. The van der Waals surface area contributed by atoms with Crippen molar-refractivity contribution in [2.24, 2.45) is 0 Å². The summed E-state index contributed by atoms with van der Waals surface area (Å²) < 4.78 is 7.21. The molecule has 0 amide bonds. The minimum atomic E-state index is 0.391. The van der Waals surface area contributed by atoms with E-state index in [1.165, 1.54) is 0 Å². The number of nitrogens with zero attached hydrogens (tertiary/aromatic N) is 4. The fourth-order valence-corrected chi connectivity index (χ4v) is 2.91. The Hall–Kier alpha value is -2.67. The van der Waals surface area contributed by atoms with Gasteiger partial charge in [-0.05, 0) is 25.1 Å². The van der Waals surface area contributed by atoms with Crippen molar-refractivity contribution >= 4 is 16.9 Å². The lowest BCUT2D eigenvalue weighted by molar-refractivity contribution is 0.412. The first-order chi connectivity index (χ1) is 11.4. The van der Waals surface area contributed by atoms with Gasteiger partial charge < -0.3 is 15.4 Å². The number of fused-ring (bicyclic) bond motifs is 1. The quantitative estimate of drug-likeness (QED) is 0.762. The molecule has 7 heteroatoms. The summed E-state index contributed by atoms with van der Waals surface area (Å²) in [4.78, 5) is 8.79. The van der Waals surface area contributed by atoms with Gasteiger partial charge in [-0.25, -0.2) is 14.6 Å². The SMILES string of the molecule is COc1ccccc1-n1ncc2c(NC3CCNC3)ncnc21. The summed E-state index contributed by atoms with van der Waals surface area (Å²) in [5, 5.41) is 12.2. The lowest BCUT2D eigenvalue weighted by atomic mass is 10.2. The molecule has 1 atom stereocenters. The number of nitrogens with one attached hydrogen (secondary N) is 2. The maximum Gasteiger partial charge on any atom is 0.168 e. The summed E-state index contributed by atoms with van der Waals surface area (Å²) in [5.41, 5.74) is 1.62. The van der Waals surface area contributed by atoms with Gasteiger partial charge >= 0.3 is 0 Å². The van der Waals surface area contributed by atoms with Gasteiger partial charge in [0, 0.05) is 12.6 Å². The van der Waals surface area contributed by atoms with Gasteiger partial charge in [-0.15, -0.1) is 0 Å². The lowest BCUT2D eigenvalue weighted by Crippen LogP contribution is -2.22. The van der Waals surface area contributed by atoms with Gasteiger partial charge in [0.1, 0.15) is 23.6 Å². The van der Waals surface area contributed by atoms with Gasteiger partial charge in [0.2, 0.25) is 0 Å². The molecule has 0 aliphatic carbocycles. The van der Waals surface area contributed by atoms with E-state index in [0.717, 1.165) is 47.8 Å². The van der Waals surface area contributed by atoms with Gasteiger partial charge in [-0.1, -0.05) is 12.1 Å². The predicted octanol–water partition coefficient (Wildman–Crippen LogP) is 1.60. The van der Waals surface area contributed by atoms with Crippen molar-refractivity contribution in [3.63, 3.8) is 0 Å². The molecule has 1 fully saturated rings. The molecule has 118 valence electrons. The highest BCUT2D eigenvalue weighted by atomic mass is 16.5. The van der Waals surface area contributed by atoms with E-state index in [4.69, 9.17) is 4.74 Å². The van der Waals surface area contributed by atoms with E-state index in [2.05, 4.69) is 25.7 Å². The standard InChI is InChI=1S/C16H18N6O/c1-23-14-5-3-2-4-13(14)22-16-12(9-20-22)15(18-10-19-16)21-11-6-7-17-8-11/h2-5,9-11,17H,6-8H2,1H3,(H,18,19,21). The number of methoxy groups -OCH3 is 1. The largest absolute Gasteiger partial charge is 0.494 e. The van der Waals surface area contributed by atoms with Crippen LogP contribution in [-0.4, -0.2) is 46.0 Å². The smallest absolute Gasteiger partial charge is 0.168 e. The monoisotopic (exact) mass is 310 g/mol. The summed E-state index contributed by atoms with van der Waals surface area (Å²) in [6.07, 6.45) is 4.46. The van der Waals surface area contributed by atoms with Crippen molar-refractivity contribution in [2.45, 2.75) is 12.5 Å². The highest BCUT2D eigenvalue weighted by Gasteiger charge is 2.18. The number of rotatable bonds is 4. The highest BCUT2D eigenvalue weighted by molar-refractivity contribution is 5.87. The van der Waals surface area contributed by atoms with Gasteiger partial charge in [-0.2, -0.15) is 5.10 Å². The van der Waals surface area contributed by atoms with Gasteiger partial charge in [0.15, 0.2) is 5.65 Å². The van der Waals surface area contributed by atoms with Crippen LogP contribution >= 0.6 is 0 Å². The third-order valence-electron chi connectivity index (χ3n) is 4.08. The van der Waals surface area contributed by atoms with E-state index in [0.29, 0.717) is 6.04 Å². The van der Waals surface area contributed by atoms with Crippen LogP contribution in [0.15, 0.2) is 36.8 Å². The van der Waals surface area contributed by atoms with E-state index in [-0.39, 0.29) is 0 Å². The zero-order valence-corrected chi connectivity index (χ0v) is 12.9. The number of para-hydroxylation sites is 2. The molecule has 1 unspecified atom stereocenters. The number of anilines is 1. The maximum atomic E-state index is 5.43. The summed E-state index contributed by atoms with van der Waals surface area (Å²) in [7, 11) is 1.65. The van der Waals surface area contributed by atoms with Crippen LogP contribution in [0.2, 0.25) is 0 Å². The normalized spacial score (nSPS) is 17.5. The predicted molar refractivity (Wildman–Crippen MR) is 88.1 cm³/mol. The first kappa shape index (κ1) is 14.0. The fourth-order valence-electron chi connectivity index (χ4n) is 2.91. The Morgan fingerprint density at radius 1 is 1.30 bits per heavy atom. The molecule has 1 aliphatic rings. The average Bonchev–Trinajstić information content (AvgIpc) is 3.25. The second kappa shape index (κ2) is 5.85. The Morgan fingerprint density at radius 2 is 2.22 bits per heavy atom. The van der Waals surface area contributed by atoms with E-state index in [1.54, 1.807) is 24.3 Å². The average molecular weight is 310 g/mol. The molecule has 0 radical (unpaired) electrons. The number of hydrogen-bond donors (Lipinski definition) is 2. The first-order valence-corrected chi connectivity index (χ1v) is 7.66. The molecular formula is C16H18N6O. The molecular weight excluding hydrogens is 292 g/mol. The van der Waals surface area contributed by atoms with Crippen LogP contribution < -0.4 is 15.4 Å². The fraction of sp³-hybridized carbons (Fsp3) is 0.312. The molecule has 7 nitrogen and oxygen atoms in total. The lowest BCUT2D eigenvalue weighted by Gasteiger charge is -2.12. The Balaban J connectivity index is 1.78. The van der Waals surface area contributed by atoms with Crippen molar-refractivity contribution in [3.8, 4) is 11.4 Å². The Morgan fingerprint density at radius 3 is 3.04 bits per heavy atom. The molecule has 1 saturated heterocycles. The van der Waals surface area contributed by atoms with E-state index in [9.17, 15) is 0 Å². The third kappa shape index (κ3) is 2.49. The number of hydrogen-bond acceptors (Lipinski definition) is 6. The molecule has 2 N–H and O–H groups in total. The third-order valence-corrected chi connectivity index (χ3v) is 4.08. The summed E-state index contributed by atoms with van der Waals surface area (Å²) in [6.45, 7) is 1.98. The van der Waals surface area contributed by atoms with Crippen LogP contribution in [0.1, 0.15) is 6.42 Å². The molecule has 1 aliphatic heterocycles. The molecule has 2 aromatic heterocycles. The number of benzene rings is 1. The highest BCUT2D eigenvalue weighted by Crippen LogP contribution is 2.27. The van der Waals surface area contributed by atoms with Crippen LogP contribution in [-0.2, 0) is 0 Å². The van der Waals surface area contributed by atoms with Crippen molar-refractivity contribution in [3.05, 3.63) is 36.8 Å². The molecule has 0 saturated carbocycles. The Kier molecular flexibility index (Phi) is 3.55. The van der Waals surface area contributed by atoms with Crippen LogP contribution in [0, 0.1) is 0 Å². The van der Waals surface area contributed by atoms with Crippen LogP contribution in [0.4, 0.5) is 5.82 Å².